The normalized spacial score (nSPS) is 12.1. The summed E-state index contributed by atoms with van der Waals surface area (Å²) in [5.74, 6) is -0.622. The topological polar surface area (TPSA) is 76.6 Å². The first-order valence-corrected chi connectivity index (χ1v) is 7.62. The quantitative estimate of drug-likeness (QED) is 0.767. The van der Waals surface area contributed by atoms with Crippen molar-refractivity contribution in [2.45, 2.75) is 24.1 Å². The van der Waals surface area contributed by atoms with Gasteiger partial charge in [-0.2, -0.15) is 4.31 Å². The fraction of sp³-hybridized carbons (Fsp3) is 0.556. The fourth-order valence-corrected chi connectivity index (χ4v) is 4.22. The van der Waals surface area contributed by atoms with E-state index < -0.39 is 16.0 Å². The van der Waals surface area contributed by atoms with Crippen LogP contribution >= 0.6 is 22.9 Å². The zero-order valence-corrected chi connectivity index (χ0v) is 12.5. The summed E-state index contributed by atoms with van der Waals surface area (Å²) >= 11 is 6.46. The summed E-state index contributed by atoms with van der Waals surface area (Å²) in [6.07, 6.45) is 1.18. The Kier molecular flexibility index (Phi) is 5.09. The number of ether oxygens (including phenoxy) is 1. The Morgan fingerprint density at radius 1 is 1.61 bits per heavy atom. The van der Waals surface area contributed by atoms with Gasteiger partial charge in [-0.1, -0.05) is 22.9 Å². The Morgan fingerprint density at radius 2 is 2.22 bits per heavy atom. The Hall–Kier alpha value is -0.700. The maximum atomic E-state index is 12.3. The highest BCUT2D eigenvalue weighted by Gasteiger charge is 2.31. The van der Waals surface area contributed by atoms with Gasteiger partial charge in [0.05, 0.1) is 13.3 Å². The van der Waals surface area contributed by atoms with Crippen molar-refractivity contribution in [1.82, 2.24) is 9.29 Å². The van der Waals surface area contributed by atoms with Crippen LogP contribution in [0.2, 0.25) is 4.47 Å². The van der Waals surface area contributed by atoms with Gasteiger partial charge in [-0.15, -0.1) is 0 Å². The molecule has 6 nitrogen and oxygen atoms in total. The number of methoxy groups -OCH3 is 1. The van der Waals surface area contributed by atoms with Gasteiger partial charge in [0.1, 0.15) is 6.54 Å². The lowest BCUT2D eigenvalue weighted by atomic mass is 10.4. The first kappa shape index (κ1) is 15.4. The van der Waals surface area contributed by atoms with Crippen molar-refractivity contribution in [3.63, 3.8) is 0 Å². The molecule has 0 aliphatic heterocycles. The smallest absolute Gasteiger partial charge is 0.321 e. The van der Waals surface area contributed by atoms with Gasteiger partial charge in [0.25, 0.3) is 10.0 Å². The molecule has 1 aromatic rings. The van der Waals surface area contributed by atoms with Gasteiger partial charge in [0.2, 0.25) is 0 Å². The first-order chi connectivity index (χ1) is 8.28. The van der Waals surface area contributed by atoms with Crippen molar-refractivity contribution in [2.24, 2.45) is 0 Å². The highest BCUT2D eigenvalue weighted by atomic mass is 35.5. The van der Waals surface area contributed by atoms with E-state index >= 15 is 0 Å². The minimum Gasteiger partial charge on any atom is -0.468 e. The van der Waals surface area contributed by atoms with Crippen molar-refractivity contribution in [3.05, 3.63) is 10.7 Å². The number of rotatable bonds is 5. The standard InChI is InChI=1S/C9H13ClN2O4S2/c1-6(2)12(5-7(13)16-3)18(14,15)8-4-11-9(10)17-8/h4,6H,5H2,1-3H3. The maximum absolute atomic E-state index is 12.3. The van der Waals surface area contributed by atoms with Crippen LogP contribution in [0.1, 0.15) is 13.8 Å². The molecule has 0 saturated carbocycles. The molecular weight excluding hydrogens is 300 g/mol. The molecule has 0 N–H and O–H groups in total. The number of thiazole rings is 1. The van der Waals surface area contributed by atoms with E-state index in [0.717, 1.165) is 15.6 Å². The van der Waals surface area contributed by atoms with Crippen LogP contribution in [0.3, 0.4) is 0 Å². The second kappa shape index (κ2) is 5.96. The molecule has 0 amide bonds. The van der Waals surface area contributed by atoms with Crippen molar-refractivity contribution in [1.29, 1.82) is 0 Å². The molecule has 0 aromatic carbocycles. The summed E-state index contributed by atoms with van der Waals surface area (Å²) in [6, 6.07) is -0.380. The molecule has 1 rings (SSSR count). The van der Waals surface area contributed by atoms with Gasteiger partial charge in [-0.25, -0.2) is 13.4 Å². The van der Waals surface area contributed by atoms with Crippen LogP contribution in [-0.2, 0) is 19.6 Å². The van der Waals surface area contributed by atoms with Crippen LogP contribution < -0.4 is 0 Å². The molecule has 0 atom stereocenters. The van der Waals surface area contributed by atoms with Crippen molar-refractivity contribution in [2.75, 3.05) is 13.7 Å². The third-order valence-corrected chi connectivity index (χ3v) is 5.68. The summed E-state index contributed by atoms with van der Waals surface area (Å²) in [7, 11) is -2.58. The molecule has 102 valence electrons. The first-order valence-electron chi connectivity index (χ1n) is 4.99. The summed E-state index contributed by atoms with van der Waals surface area (Å²) in [6.45, 7) is 3.00. The zero-order valence-electron chi connectivity index (χ0n) is 10.1. The van der Waals surface area contributed by atoms with Gasteiger partial charge in [0.15, 0.2) is 8.68 Å². The summed E-state index contributed by atoms with van der Waals surface area (Å²) in [5.41, 5.74) is 0. The van der Waals surface area contributed by atoms with E-state index in [2.05, 4.69) is 9.72 Å². The fourth-order valence-electron chi connectivity index (χ4n) is 1.21. The zero-order chi connectivity index (χ0) is 13.9. The van der Waals surface area contributed by atoms with Gasteiger partial charge >= 0.3 is 5.97 Å². The molecule has 1 heterocycles. The van der Waals surface area contributed by atoms with Gasteiger partial charge < -0.3 is 4.74 Å². The second-order valence-corrected chi connectivity index (χ2v) is 7.38. The molecule has 0 aliphatic carbocycles. The number of carbonyl (C=O) groups excluding carboxylic acids is 1. The summed E-state index contributed by atoms with van der Waals surface area (Å²) < 4.78 is 30.2. The highest BCUT2D eigenvalue weighted by molar-refractivity contribution is 7.91. The third-order valence-electron chi connectivity index (χ3n) is 2.11. The van der Waals surface area contributed by atoms with Gasteiger partial charge in [-0.3, -0.25) is 4.79 Å². The van der Waals surface area contributed by atoms with E-state index in [0.29, 0.717) is 0 Å². The van der Waals surface area contributed by atoms with Gasteiger partial charge in [0, 0.05) is 6.04 Å². The SMILES string of the molecule is COC(=O)CN(C(C)C)S(=O)(=O)c1cnc(Cl)s1. The van der Waals surface area contributed by atoms with Crippen LogP contribution in [0.4, 0.5) is 0 Å². The Balaban J connectivity index is 3.09. The molecular formula is C9H13ClN2O4S2. The van der Waals surface area contributed by atoms with Crippen molar-refractivity contribution >= 4 is 38.9 Å². The molecule has 0 fully saturated rings. The molecule has 9 heteroatoms. The van der Waals surface area contributed by atoms with Crippen LogP contribution in [0, 0.1) is 0 Å². The maximum Gasteiger partial charge on any atom is 0.321 e. The number of nitrogens with zero attached hydrogens (tertiary/aromatic N) is 2. The largest absolute Gasteiger partial charge is 0.468 e. The highest BCUT2D eigenvalue weighted by Crippen LogP contribution is 2.26. The van der Waals surface area contributed by atoms with Gasteiger partial charge in [-0.05, 0) is 13.8 Å². The predicted molar refractivity (Wildman–Crippen MR) is 68.2 cm³/mol. The molecule has 0 saturated heterocycles. The van der Waals surface area contributed by atoms with Crippen molar-refractivity contribution in [3.8, 4) is 0 Å². The van der Waals surface area contributed by atoms with E-state index in [1.165, 1.54) is 13.3 Å². The monoisotopic (exact) mass is 312 g/mol. The molecule has 0 radical (unpaired) electrons. The van der Waals surface area contributed by atoms with E-state index in [-0.39, 0.29) is 21.3 Å². The Morgan fingerprint density at radius 3 is 2.61 bits per heavy atom. The van der Waals surface area contributed by atoms with E-state index in [1.54, 1.807) is 13.8 Å². The number of sulfonamides is 1. The lowest BCUT2D eigenvalue weighted by Crippen LogP contribution is -2.40. The minimum atomic E-state index is -3.78. The number of hydrogen-bond donors (Lipinski definition) is 0. The van der Waals surface area contributed by atoms with E-state index in [1.807, 2.05) is 0 Å². The Labute approximate surface area is 115 Å². The Bertz CT molecular complexity index is 526. The number of aromatic nitrogens is 1. The van der Waals surface area contributed by atoms with Crippen molar-refractivity contribution < 1.29 is 17.9 Å². The molecule has 0 bridgehead atoms. The van der Waals surface area contributed by atoms with Crippen LogP contribution in [-0.4, -0.2) is 43.4 Å². The van der Waals surface area contributed by atoms with Crippen LogP contribution in [0.15, 0.2) is 10.4 Å². The lowest BCUT2D eigenvalue weighted by Gasteiger charge is -2.23. The van der Waals surface area contributed by atoms with E-state index in [4.69, 9.17) is 11.6 Å². The molecule has 0 aliphatic rings. The molecule has 0 spiro atoms. The third kappa shape index (κ3) is 3.41. The molecule has 1 aromatic heterocycles. The van der Waals surface area contributed by atoms with Crippen LogP contribution in [0.5, 0.6) is 0 Å². The average Bonchev–Trinajstić information content (AvgIpc) is 2.72. The second-order valence-electron chi connectivity index (χ2n) is 3.65. The summed E-state index contributed by atoms with van der Waals surface area (Å²) in [4.78, 5) is 14.9. The number of hydrogen-bond acceptors (Lipinski definition) is 6. The molecule has 18 heavy (non-hydrogen) atoms. The predicted octanol–water partition coefficient (Wildman–Crippen LogP) is 1.37. The lowest BCUT2D eigenvalue weighted by molar-refractivity contribution is -0.141. The number of halogens is 1. The van der Waals surface area contributed by atoms with Crippen LogP contribution in [0.25, 0.3) is 0 Å². The number of esters is 1. The summed E-state index contributed by atoms with van der Waals surface area (Å²) in [5, 5.41) is 0. The minimum absolute atomic E-state index is 0.00473. The average molecular weight is 313 g/mol. The van der Waals surface area contributed by atoms with E-state index in [9.17, 15) is 13.2 Å². The molecule has 0 unspecified atom stereocenters. The number of carbonyl (C=O) groups is 1.